The molecule has 1 fully saturated rings. The molecule has 1 aromatic carbocycles. The largest absolute Gasteiger partial charge is 0.368 e. The molecule has 1 saturated heterocycles. The van der Waals surface area contributed by atoms with Crippen LogP contribution in [0.4, 0.5) is 16.0 Å². The summed E-state index contributed by atoms with van der Waals surface area (Å²) in [7, 11) is 0. The highest BCUT2D eigenvalue weighted by Gasteiger charge is 2.22. The van der Waals surface area contributed by atoms with Crippen molar-refractivity contribution in [2.45, 2.75) is 33.2 Å². The highest BCUT2D eigenvalue weighted by atomic mass is 19.1. The first-order valence-electron chi connectivity index (χ1n) is 11.9. The Morgan fingerprint density at radius 2 is 1.89 bits per heavy atom. The van der Waals surface area contributed by atoms with E-state index in [9.17, 15) is 4.39 Å². The smallest absolute Gasteiger partial charge is 0.225 e. The fraction of sp³-hybridized carbons (Fsp3) is 0.435. The van der Waals surface area contributed by atoms with Crippen molar-refractivity contribution in [2.24, 2.45) is 0 Å². The van der Waals surface area contributed by atoms with E-state index in [0.717, 1.165) is 67.9 Å². The molecule has 0 saturated carbocycles. The molecule has 5 aromatic rings. The number of halogens is 1. The zero-order valence-electron chi connectivity index (χ0n) is 19.8. The first-order valence-corrected chi connectivity index (χ1v) is 11.9. The molecule has 12 heteroatoms. The quantitative estimate of drug-likeness (QED) is 0.392. The van der Waals surface area contributed by atoms with Crippen molar-refractivity contribution in [3.8, 4) is 0 Å². The lowest BCUT2D eigenvalue weighted by atomic mass is 10.1. The lowest BCUT2D eigenvalue weighted by Gasteiger charge is -2.36. The van der Waals surface area contributed by atoms with Crippen molar-refractivity contribution in [3.05, 3.63) is 35.7 Å². The number of piperazine rings is 1. The normalized spacial score (nSPS) is 15.2. The van der Waals surface area contributed by atoms with Crippen LogP contribution >= 0.6 is 0 Å². The summed E-state index contributed by atoms with van der Waals surface area (Å²) in [6, 6.07) is 3.27. The average molecular weight is 479 g/mol. The number of anilines is 2. The lowest BCUT2D eigenvalue weighted by Crippen LogP contribution is -2.47. The fourth-order valence-corrected chi connectivity index (χ4v) is 4.75. The van der Waals surface area contributed by atoms with E-state index in [1.165, 1.54) is 6.07 Å². The monoisotopic (exact) mass is 478 g/mol. The molecule has 6 rings (SSSR count). The number of fused-ring (bicyclic) bond motifs is 4. The van der Waals surface area contributed by atoms with Crippen molar-refractivity contribution in [1.82, 2.24) is 39.4 Å². The molecule has 0 amide bonds. The molecule has 0 spiro atoms. The molecule has 11 nitrogen and oxygen atoms in total. The van der Waals surface area contributed by atoms with Gasteiger partial charge in [-0.2, -0.15) is 14.6 Å². The second kappa shape index (κ2) is 8.45. The lowest BCUT2D eigenvalue weighted by molar-refractivity contribution is 0.245. The Labute approximate surface area is 200 Å². The van der Waals surface area contributed by atoms with E-state index in [0.29, 0.717) is 35.1 Å². The van der Waals surface area contributed by atoms with Crippen LogP contribution in [-0.2, 0) is 13.0 Å². The van der Waals surface area contributed by atoms with Crippen LogP contribution in [0.1, 0.15) is 24.9 Å². The molecule has 4 aromatic heterocycles. The van der Waals surface area contributed by atoms with Crippen molar-refractivity contribution in [3.63, 3.8) is 0 Å². The van der Waals surface area contributed by atoms with Crippen LogP contribution < -0.4 is 10.6 Å². The topological polar surface area (TPSA) is 119 Å². The minimum absolute atomic E-state index is 0.282. The molecular formula is C23H27FN10O. The zero-order chi connectivity index (χ0) is 24.1. The molecule has 1 aliphatic heterocycles. The summed E-state index contributed by atoms with van der Waals surface area (Å²) in [6.45, 7) is 8.54. The average Bonchev–Trinajstić information content (AvgIpc) is 3.55. The molecule has 0 radical (unpaired) electrons. The van der Waals surface area contributed by atoms with Crippen molar-refractivity contribution >= 4 is 39.3 Å². The van der Waals surface area contributed by atoms with Crippen molar-refractivity contribution in [1.29, 1.82) is 0 Å². The van der Waals surface area contributed by atoms with Gasteiger partial charge in [-0.3, -0.25) is 4.90 Å². The van der Waals surface area contributed by atoms with Gasteiger partial charge in [0.2, 0.25) is 5.95 Å². The first kappa shape index (κ1) is 21.7. The van der Waals surface area contributed by atoms with Crippen molar-refractivity contribution in [2.75, 3.05) is 43.4 Å². The Morgan fingerprint density at radius 1 is 1.06 bits per heavy atom. The molecule has 0 unspecified atom stereocenters. The summed E-state index contributed by atoms with van der Waals surface area (Å²) in [5.41, 5.74) is 9.42. The second-order valence-corrected chi connectivity index (χ2v) is 8.98. The van der Waals surface area contributed by atoms with E-state index < -0.39 is 0 Å². The maximum absolute atomic E-state index is 14.7. The van der Waals surface area contributed by atoms with Crippen LogP contribution in [0.2, 0.25) is 0 Å². The highest BCUT2D eigenvalue weighted by molar-refractivity contribution is 5.89. The number of hydrogen-bond donors (Lipinski definition) is 1. The minimum Gasteiger partial charge on any atom is -0.368 e. The van der Waals surface area contributed by atoms with Gasteiger partial charge in [0.1, 0.15) is 5.82 Å². The Kier molecular flexibility index (Phi) is 5.24. The van der Waals surface area contributed by atoms with E-state index in [1.54, 1.807) is 10.7 Å². The number of nitrogens with zero attached hydrogens (tertiary/aromatic N) is 9. The standard InChI is InChI=1S/C23H27FN10O/c1-3-4-20-27-22-16-13-26-33(21(16)28-23(25)34(22)29-20)10-7-31-5-8-32(9-6-31)18-11-15-14(2)30-35-19(15)12-17(18)24/h11-13H,3-10H2,1-2H3,(H2,25,28). The Morgan fingerprint density at radius 3 is 2.69 bits per heavy atom. The highest BCUT2D eigenvalue weighted by Crippen LogP contribution is 2.28. The Balaban J connectivity index is 1.15. The van der Waals surface area contributed by atoms with Gasteiger partial charge in [-0.15, -0.1) is 5.10 Å². The molecule has 0 bridgehead atoms. The summed E-state index contributed by atoms with van der Waals surface area (Å²) in [6.07, 6.45) is 3.53. The third kappa shape index (κ3) is 3.73. The number of aromatic nitrogens is 7. The van der Waals surface area contributed by atoms with Gasteiger partial charge in [-0.1, -0.05) is 12.1 Å². The van der Waals surface area contributed by atoms with Crippen molar-refractivity contribution < 1.29 is 8.91 Å². The molecule has 182 valence electrons. The fourth-order valence-electron chi connectivity index (χ4n) is 4.75. The molecule has 35 heavy (non-hydrogen) atoms. The van der Waals surface area contributed by atoms with Crippen LogP contribution in [0.5, 0.6) is 0 Å². The van der Waals surface area contributed by atoms with Gasteiger partial charge in [-0.25, -0.2) is 14.1 Å². The van der Waals surface area contributed by atoms with Gasteiger partial charge in [0, 0.05) is 50.6 Å². The van der Waals surface area contributed by atoms with Gasteiger partial charge in [-0.05, 0) is 19.4 Å². The minimum atomic E-state index is -0.282. The van der Waals surface area contributed by atoms with E-state index in [1.807, 2.05) is 17.7 Å². The third-order valence-electron chi connectivity index (χ3n) is 6.68. The van der Waals surface area contributed by atoms with Crippen LogP contribution in [-0.4, -0.2) is 72.1 Å². The van der Waals surface area contributed by atoms with Crippen LogP contribution in [0, 0.1) is 12.7 Å². The number of nitrogen functional groups attached to an aromatic ring is 1. The zero-order valence-corrected chi connectivity index (χ0v) is 19.8. The SMILES string of the molecule is CCCc1nc2c3cnn(CCN4CCN(c5cc6c(C)noc6cc5F)CC4)c3nc(N)n2n1. The number of rotatable bonds is 6. The van der Waals surface area contributed by atoms with Gasteiger partial charge in [0.15, 0.2) is 22.7 Å². The van der Waals surface area contributed by atoms with E-state index in [2.05, 4.69) is 42.0 Å². The molecule has 0 aliphatic carbocycles. The van der Waals surface area contributed by atoms with Gasteiger partial charge < -0.3 is 15.2 Å². The maximum Gasteiger partial charge on any atom is 0.225 e. The molecule has 1 aliphatic rings. The number of aryl methyl sites for hydroxylation is 2. The number of benzene rings is 1. The van der Waals surface area contributed by atoms with Gasteiger partial charge in [0.25, 0.3) is 0 Å². The van der Waals surface area contributed by atoms with Crippen LogP contribution in [0.15, 0.2) is 22.9 Å². The summed E-state index contributed by atoms with van der Waals surface area (Å²) < 4.78 is 23.3. The van der Waals surface area contributed by atoms with E-state index in [-0.39, 0.29) is 5.82 Å². The van der Waals surface area contributed by atoms with Gasteiger partial charge in [0.05, 0.1) is 29.5 Å². The Hall–Kier alpha value is -3.80. The Bertz CT molecular complexity index is 1530. The summed E-state index contributed by atoms with van der Waals surface area (Å²) >= 11 is 0. The second-order valence-electron chi connectivity index (χ2n) is 8.98. The number of hydrogen-bond acceptors (Lipinski definition) is 9. The van der Waals surface area contributed by atoms with Crippen LogP contribution in [0.25, 0.3) is 27.6 Å². The van der Waals surface area contributed by atoms with Gasteiger partial charge >= 0.3 is 0 Å². The summed E-state index contributed by atoms with van der Waals surface area (Å²) in [4.78, 5) is 13.6. The third-order valence-corrected chi connectivity index (χ3v) is 6.68. The van der Waals surface area contributed by atoms with Crippen LogP contribution in [0.3, 0.4) is 0 Å². The summed E-state index contributed by atoms with van der Waals surface area (Å²) in [5, 5.41) is 14.7. The molecular weight excluding hydrogens is 451 g/mol. The first-order chi connectivity index (χ1) is 17.0. The molecule has 2 N–H and O–H groups in total. The predicted octanol–water partition coefficient (Wildman–Crippen LogP) is 2.42. The molecule has 5 heterocycles. The van der Waals surface area contributed by atoms with E-state index >= 15 is 0 Å². The summed E-state index contributed by atoms with van der Waals surface area (Å²) in [5.74, 6) is 0.782. The number of nitrogens with two attached hydrogens (primary N) is 1. The predicted molar refractivity (Wildman–Crippen MR) is 130 cm³/mol. The van der Waals surface area contributed by atoms with E-state index in [4.69, 9.17) is 10.3 Å². The molecule has 0 atom stereocenters. The maximum atomic E-state index is 14.7.